The molecule has 4 aliphatic rings. The Kier molecular flexibility index (Phi) is 4.64. The van der Waals surface area contributed by atoms with E-state index in [4.69, 9.17) is 27.9 Å². The van der Waals surface area contributed by atoms with Gasteiger partial charge in [-0.2, -0.15) is 0 Å². The van der Waals surface area contributed by atoms with E-state index in [0.29, 0.717) is 28.6 Å². The first-order valence-electron chi connectivity index (χ1n) is 11.6. The molecule has 2 aromatic rings. The summed E-state index contributed by atoms with van der Waals surface area (Å²) in [5.74, 6) is -1.48. The Balaban J connectivity index is 1.33. The molecule has 0 radical (unpaired) electrons. The van der Waals surface area contributed by atoms with Crippen molar-refractivity contribution >= 4 is 35.1 Å². The van der Waals surface area contributed by atoms with Crippen molar-refractivity contribution in [1.82, 2.24) is 5.32 Å². The Morgan fingerprint density at radius 1 is 1.09 bits per heavy atom. The molecule has 0 saturated heterocycles. The van der Waals surface area contributed by atoms with Crippen molar-refractivity contribution in [2.24, 2.45) is 5.41 Å². The third-order valence-electron chi connectivity index (χ3n) is 8.38. The SMILES string of the molecule is C[C@@]1(c2cc(F)c(C(=O)NC3(C(=O)O)CC3)cc2C2CC2)C(Oc2ccc(Cl)c(Cl)c2)C12CC2. The number of nitrogens with one attached hydrogen (secondary N) is 1. The maximum absolute atomic E-state index is 15.4. The molecular formula is C26H24Cl2FNO4. The van der Waals surface area contributed by atoms with E-state index >= 15 is 4.39 Å². The van der Waals surface area contributed by atoms with Gasteiger partial charge in [0, 0.05) is 16.9 Å². The van der Waals surface area contributed by atoms with Gasteiger partial charge >= 0.3 is 5.97 Å². The van der Waals surface area contributed by atoms with Crippen molar-refractivity contribution in [3.05, 3.63) is 62.9 Å². The predicted molar refractivity (Wildman–Crippen MR) is 125 cm³/mol. The minimum absolute atomic E-state index is 0.0552. The average Bonchev–Trinajstić information content (AvgIpc) is 3.60. The number of benzene rings is 2. The Bertz CT molecular complexity index is 1250. The summed E-state index contributed by atoms with van der Waals surface area (Å²) in [4.78, 5) is 24.3. The summed E-state index contributed by atoms with van der Waals surface area (Å²) >= 11 is 12.2. The van der Waals surface area contributed by atoms with Crippen molar-refractivity contribution in [3.8, 4) is 5.75 Å². The van der Waals surface area contributed by atoms with Gasteiger partial charge in [0.25, 0.3) is 5.91 Å². The van der Waals surface area contributed by atoms with Crippen LogP contribution < -0.4 is 10.1 Å². The van der Waals surface area contributed by atoms with Crippen LogP contribution in [0.25, 0.3) is 0 Å². The van der Waals surface area contributed by atoms with Gasteiger partial charge in [0.1, 0.15) is 23.2 Å². The van der Waals surface area contributed by atoms with Crippen LogP contribution in [0.15, 0.2) is 30.3 Å². The number of aliphatic carboxylic acids is 1. The van der Waals surface area contributed by atoms with Crippen LogP contribution in [0.1, 0.15) is 72.9 Å². The van der Waals surface area contributed by atoms with Gasteiger partial charge in [-0.25, -0.2) is 9.18 Å². The van der Waals surface area contributed by atoms with E-state index in [1.165, 1.54) is 6.07 Å². The standard InChI is InChI=1S/C26H24Cl2FNO4/c1-24(22(25(24)6-7-25)34-14-4-5-18(27)19(28)10-14)17-12-20(29)16(11-15(17)13-2-3-13)21(31)30-26(8-9-26)23(32)33/h4-5,10-13,22H,2-3,6-9H2,1H3,(H,30,31)(H,32,33)/t22?,24-/m1/s1. The van der Waals surface area contributed by atoms with Crippen LogP contribution in [0, 0.1) is 11.2 Å². The lowest BCUT2D eigenvalue weighted by Crippen LogP contribution is -2.43. The van der Waals surface area contributed by atoms with Gasteiger partial charge < -0.3 is 15.2 Å². The zero-order valence-electron chi connectivity index (χ0n) is 18.6. The molecule has 0 aliphatic heterocycles. The van der Waals surface area contributed by atoms with E-state index in [-0.39, 0.29) is 28.4 Å². The number of carboxylic acid groups (broad SMARTS) is 1. The van der Waals surface area contributed by atoms with Crippen molar-refractivity contribution in [2.75, 3.05) is 0 Å². The van der Waals surface area contributed by atoms with Crippen LogP contribution in [0.3, 0.4) is 0 Å². The van der Waals surface area contributed by atoms with Gasteiger partial charge in [0.05, 0.1) is 15.6 Å². The summed E-state index contributed by atoms with van der Waals surface area (Å²) in [5.41, 5.74) is 0.0775. The number of rotatable bonds is 7. The zero-order chi connectivity index (χ0) is 24.0. The molecule has 178 valence electrons. The summed E-state index contributed by atoms with van der Waals surface area (Å²) < 4.78 is 21.7. The number of amides is 1. The summed E-state index contributed by atoms with van der Waals surface area (Å²) in [6.07, 6.45) is 4.54. The van der Waals surface area contributed by atoms with E-state index in [2.05, 4.69) is 12.2 Å². The molecule has 1 spiro atoms. The van der Waals surface area contributed by atoms with Crippen molar-refractivity contribution in [1.29, 1.82) is 0 Å². The largest absolute Gasteiger partial charge is 0.489 e. The zero-order valence-corrected chi connectivity index (χ0v) is 20.1. The second-order valence-electron chi connectivity index (χ2n) is 10.5. The fourth-order valence-electron chi connectivity index (χ4n) is 5.71. The number of carboxylic acids is 1. The lowest BCUT2D eigenvalue weighted by atomic mass is 9.86. The van der Waals surface area contributed by atoms with Gasteiger partial charge in [0.2, 0.25) is 0 Å². The summed E-state index contributed by atoms with van der Waals surface area (Å²) in [7, 11) is 0. The van der Waals surface area contributed by atoms with Gasteiger partial charge in [0.15, 0.2) is 0 Å². The van der Waals surface area contributed by atoms with Crippen molar-refractivity contribution in [3.63, 3.8) is 0 Å². The first kappa shape index (κ1) is 22.2. The molecular weight excluding hydrogens is 480 g/mol. The molecule has 34 heavy (non-hydrogen) atoms. The molecule has 0 bridgehead atoms. The summed E-state index contributed by atoms with van der Waals surface area (Å²) in [5, 5.41) is 12.8. The molecule has 4 aliphatic carbocycles. The van der Waals surface area contributed by atoms with Crippen molar-refractivity contribution in [2.45, 2.75) is 68.4 Å². The van der Waals surface area contributed by atoms with Crippen molar-refractivity contribution < 1.29 is 23.8 Å². The highest BCUT2D eigenvalue weighted by Gasteiger charge is 2.83. The first-order valence-corrected chi connectivity index (χ1v) is 12.4. The molecule has 2 aromatic carbocycles. The molecule has 1 amide bonds. The molecule has 4 fully saturated rings. The Morgan fingerprint density at radius 3 is 2.35 bits per heavy atom. The fraction of sp³-hybridized carbons (Fsp3) is 0.462. The van der Waals surface area contributed by atoms with Gasteiger partial charge in [-0.1, -0.05) is 30.1 Å². The van der Waals surface area contributed by atoms with Gasteiger partial charge in [-0.15, -0.1) is 0 Å². The average molecular weight is 504 g/mol. The smallest absolute Gasteiger partial charge is 0.329 e. The maximum Gasteiger partial charge on any atom is 0.329 e. The van der Waals surface area contributed by atoms with Crippen LogP contribution in [-0.4, -0.2) is 28.6 Å². The number of carbonyl (C=O) groups excluding carboxylic acids is 1. The Labute approximate surface area is 206 Å². The topological polar surface area (TPSA) is 75.6 Å². The highest BCUT2D eigenvalue weighted by molar-refractivity contribution is 6.42. The van der Waals surface area contributed by atoms with Crippen LogP contribution in [0.5, 0.6) is 5.75 Å². The number of carbonyl (C=O) groups is 2. The molecule has 2 atom stereocenters. The summed E-state index contributed by atoms with van der Waals surface area (Å²) in [6, 6.07) is 8.32. The number of ether oxygens (including phenoxy) is 1. The molecule has 8 heteroatoms. The fourth-order valence-corrected chi connectivity index (χ4v) is 6.00. The minimum Gasteiger partial charge on any atom is -0.489 e. The summed E-state index contributed by atoms with van der Waals surface area (Å²) in [6.45, 7) is 2.12. The molecule has 1 unspecified atom stereocenters. The monoisotopic (exact) mass is 503 g/mol. The van der Waals surface area contributed by atoms with Crippen LogP contribution in [0.4, 0.5) is 4.39 Å². The minimum atomic E-state index is -1.26. The van der Waals surface area contributed by atoms with Crippen LogP contribution >= 0.6 is 23.2 Å². The highest BCUT2D eigenvalue weighted by atomic mass is 35.5. The normalized spacial score (nSPS) is 27.2. The second kappa shape index (κ2) is 7.11. The maximum atomic E-state index is 15.4. The Hall–Kier alpha value is -2.31. The lowest BCUT2D eigenvalue weighted by molar-refractivity contribution is -0.140. The second-order valence-corrected chi connectivity index (χ2v) is 11.3. The molecule has 4 saturated carbocycles. The van der Waals surface area contributed by atoms with E-state index in [1.807, 2.05) is 0 Å². The lowest BCUT2D eigenvalue weighted by Gasteiger charge is -2.20. The molecule has 2 N–H and O–H groups in total. The number of hydrogen-bond donors (Lipinski definition) is 2. The van der Waals surface area contributed by atoms with Gasteiger partial charge in [-0.3, -0.25) is 4.79 Å². The number of hydrogen-bond acceptors (Lipinski definition) is 3. The molecule has 0 heterocycles. The third kappa shape index (κ3) is 3.18. The molecule has 0 aromatic heterocycles. The third-order valence-corrected chi connectivity index (χ3v) is 9.12. The van der Waals surface area contributed by atoms with E-state index in [0.717, 1.165) is 36.8 Å². The Morgan fingerprint density at radius 2 is 1.79 bits per heavy atom. The van der Waals surface area contributed by atoms with Crippen LogP contribution in [-0.2, 0) is 10.2 Å². The molecule has 6 rings (SSSR count). The van der Waals surface area contributed by atoms with E-state index in [9.17, 15) is 14.7 Å². The van der Waals surface area contributed by atoms with Crippen LogP contribution in [0.2, 0.25) is 10.0 Å². The molecule has 5 nitrogen and oxygen atoms in total. The first-order chi connectivity index (χ1) is 16.1. The number of halogens is 3. The van der Waals surface area contributed by atoms with E-state index in [1.54, 1.807) is 24.3 Å². The quantitative estimate of drug-likeness (QED) is 0.496. The van der Waals surface area contributed by atoms with E-state index < -0.39 is 23.2 Å². The van der Waals surface area contributed by atoms with Gasteiger partial charge in [-0.05, 0) is 79.8 Å². The highest BCUT2D eigenvalue weighted by Crippen LogP contribution is 2.80. The predicted octanol–water partition coefficient (Wildman–Crippen LogP) is 5.86.